The fraction of sp³-hybridized carbons (Fsp3) is 0.381. The molecule has 7 heteroatoms. The average molecular weight is 404 g/mol. The third-order valence-electron chi connectivity index (χ3n) is 4.54. The summed E-state index contributed by atoms with van der Waals surface area (Å²) in [6.07, 6.45) is 1.15. The molecule has 1 aliphatic heterocycles. The van der Waals surface area contributed by atoms with Crippen LogP contribution >= 0.6 is 0 Å². The number of cyclic esters (lactones) is 1. The first-order chi connectivity index (χ1) is 13.4. The minimum Gasteiger partial charge on any atom is -0.611 e. The van der Waals surface area contributed by atoms with Gasteiger partial charge in [0.05, 0.1) is 19.4 Å². The van der Waals surface area contributed by atoms with E-state index in [-0.39, 0.29) is 0 Å². The maximum absolute atomic E-state index is 12.3. The van der Waals surface area contributed by atoms with Gasteiger partial charge in [0.25, 0.3) is 0 Å². The largest absolute Gasteiger partial charge is 0.611 e. The smallest absolute Gasteiger partial charge is 0.412 e. The average Bonchev–Trinajstić information content (AvgIpc) is 2.67. The second kappa shape index (κ2) is 8.75. The van der Waals surface area contributed by atoms with Crippen molar-refractivity contribution in [1.82, 2.24) is 0 Å². The third-order valence-corrected chi connectivity index (χ3v) is 6.00. The molecule has 1 heterocycles. The SMILES string of the molecule is COc1ccc([S+]([O-])CCCCOc2ccc3c(c2)C(C)(C)OC(=O)N3)cc1. The van der Waals surface area contributed by atoms with Gasteiger partial charge in [0.1, 0.15) is 22.9 Å². The number of benzene rings is 2. The highest BCUT2D eigenvalue weighted by atomic mass is 32.2. The molecule has 150 valence electrons. The van der Waals surface area contributed by atoms with E-state index in [2.05, 4.69) is 5.32 Å². The first kappa shape index (κ1) is 20.4. The van der Waals surface area contributed by atoms with Crippen LogP contribution in [0.25, 0.3) is 0 Å². The molecule has 0 bridgehead atoms. The number of methoxy groups -OCH3 is 1. The van der Waals surface area contributed by atoms with E-state index in [1.165, 1.54) is 0 Å². The Kier molecular flexibility index (Phi) is 6.36. The van der Waals surface area contributed by atoms with Gasteiger partial charge in [-0.05, 0) is 80.3 Å². The van der Waals surface area contributed by atoms with Crippen LogP contribution in [0.5, 0.6) is 11.5 Å². The summed E-state index contributed by atoms with van der Waals surface area (Å²) in [5, 5.41) is 2.70. The first-order valence-electron chi connectivity index (χ1n) is 9.19. The van der Waals surface area contributed by atoms with Crippen LogP contribution in [0, 0.1) is 0 Å². The summed E-state index contributed by atoms with van der Waals surface area (Å²) in [7, 11) is 1.61. The summed E-state index contributed by atoms with van der Waals surface area (Å²) in [6, 6.07) is 12.9. The van der Waals surface area contributed by atoms with Gasteiger partial charge >= 0.3 is 6.09 Å². The molecule has 0 saturated carbocycles. The van der Waals surface area contributed by atoms with Gasteiger partial charge in [-0.2, -0.15) is 0 Å². The molecule has 1 amide bonds. The van der Waals surface area contributed by atoms with E-state index >= 15 is 0 Å². The summed E-state index contributed by atoms with van der Waals surface area (Å²) < 4.78 is 28.6. The number of hydrogen-bond donors (Lipinski definition) is 1. The Morgan fingerprint density at radius 1 is 1.11 bits per heavy atom. The minimum absolute atomic E-state index is 0.448. The predicted molar refractivity (Wildman–Crippen MR) is 109 cm³/mol. The van der Waals surface area contributed by atoms with Crippen molar-refractivity contribution in [3.8, 4) is 11.5 Å². The van der Waals surface area contributed by atoms with Gasteiger partial charge in [-0.1, -0.05) is 0 Å². The van der Waals surface area contributed by atoms with E-state index in [9.17, 15) is 9.35 Å². The minimum atomic E-state index is -1.03. The van der Waals surface area contributed by atoms with Crippen LogP contribution in [-0.4, -0.2) is 30.1 Å². The Balaban J connectivity index is 1.46. The van der Waals surface area contributed by atoms with Crippen molar-refractivity contribution < 1.29 is 23.6 Å². The lowest BCUT2D eigenvalue weighted by Gasteiger charge is -2.32. The van der Waals surface area contributed by atoms with Gasteiger partial charge in [-0.15, -0.1) is 0 Å². The molecule has 1 N–H and O–H groups in total. The Morgan fingerprint density at radius 3 is 2.54 bits per heavy atom. The Morgan fingerprint density at radius 2 is 1.82 bits per heavy atom. The molecule has 0 radical (unpaired) electrons. The summed E-state index contributed by atoms with van der Waals surface area (Å²) in [6.45, 7) is 4.23. The van der Waals surface area contributed by atoms with Gasteiger partial charge in [-0.25, -0.2) is 4.79 Å². The van der Waals surface area contributed by atoms with Gasteiger partial charge in [0.2, 0.25) is 0 Å². The topological polar surface area (TPSA) is 79.8 Å². The zero-order chi connectivity index (χ0) is 20.1. The van der Waals surface area contributed by atoms with Crippen LogP contribution in [0.4, 0.5) is 10.5 Å². The van der Waals surface area contributed by atoms with Crippen molar-refractivity contribution in [3.63, 3.8) is 0 Å². The fourth-order valence-corrected chi connectivity index (χ4v) is 4.15. The molecule has 0 saturated heterocycles. The van der Waals surface area contributed by atoms with Gasteiger partial charge in [0.15, 0.2) is 4.90 Å². The Bertz CT molecular complexity index is 822. The molecule has 0 spiro atoms. The Hall–Kier alpha value is -2.38. The molecule has 0 aromatic heterocycles. The zero-order valence-corrected chi connectivity index (χ0v) is 17.1. The van der Waals surface area contributed by atoms with E-state index in [1.54, 1.807) is 7.11 Å². The van der Waals surface area contributed by atoms with E-state index < -0.39 is 22.9 Å². The number of carbonyl (C=O) groups is 1. The molecule has 1 unspecified atom stereocenters. The van der Waals surface area contributed by atoms with Crippen molar-refractivity contribution in [2.45, 2.75) is 37.2 Å². The number of fused-ring (bicyclic) bond motifs is 1. The predicted octanol–water partition coefficient (Wildman–Crippen LogP) is 4.46. The van der Waals surface area contributed by atoms with Crippen LogP contribution < -0.4 is 14.8 Å². The van der Waals surface area contributed by atoms with Crippen molar-refractivity contribution in [3.05, 3.63) is 48.0 Å². The number of carbonyl (C=O) groups excluding carboxylic acids is 1. The lowest BCUT2D eigenvalue weighted by Crippen LogP contribution is -2.34. The maximum atomic E-state index is 12.3. The number of amides is 1. The highest BCUT2D eigenvalue weighted by molar-refractivity contribution is 7.91. The van der Waals surface area contributed by atoms with Crippen LogP contribution in [0.15, 0.2) is 47.4 Å². The second-order valence-corrected chi connectivity index (χ2v) is 8.58. The quantitative estimate of drug-likeness (QED) is 0.520. The molecular formula is C21H25NO5S. The second-order valence-electron chi connectivity index (χ2n) is 7.01. The van der Waals surface area contributed by atoms with E-state index in [0.29, 0.717) is 12.4 Å². The molecule has 2 aromatic carbocycles. The van der Waals surface area contributed by atoms with Crippen molar-refractivity contribution >= 4 is 23.0 Å². The molecule has 1 aliphatic rings. The molecule has 6 nitrogen and oxygen atoms in total. The summed E-state index contributed by atoms with van der Waals surface area (Å²) in [4.78, 5) is 12.4. The third kappa shape index (κ3) is 4.91. The fourth-order valence-electron chi connectivity index (χ4n) is 3.01. The molecule has 1 atom stereocenters. The molecule has 3 rings (SSSR count). The van der Waals surface area contributed by atoms with Crippen molar-refractivity contribution in [1.29, 1.82) is 0 Å². The summed E-state index contributed by atoms with van der Waals surface area (Å²) in [5.41, 5.74) is 0.917. The van der Waals surface area contributed by atoms with Crippen LogP contribution in [0.3, 0.4) is 0 Å². The van der Waals surface area contributed by atoms with Crippen LogP contribution in [0.2, 0.25) is 0 Å². The molecule has 0 aliphatic carbocycles. The lowest BCUT2D eigenvalue weighted by atomic mass is 9.94. The monoisotopic (exact) mass is 403 g/mol. The van der Waals surface area contributed by atoms with Gasteiger partial charge < -0.3 is 18.8 Å². The standard InChI is InChI=1S/C21H25NO5S/c1-21(2)18-14-16(8-11-19(18)22-20(23)27-21)26-12-4-5-13-28(24)17-9-6-15(25-3)7-10-17/h6-11,14H,4-5,12-13H2,1-3H3,(H,22,23). The molecular weight excluding hydrogens is 378 g/mol. The zero-order valence-electron chi connectivity index (χ0n) is 16.3. The number of hydrogen-bond acceptors (Lipinski definition) is 5. The number of rotatable bonds is 8. The van der Waals surface area contributed by atoms with E-state index in [0.717, 1.165) is 40.5 Å². The van der Waals surface area contributed by atoms with Gasteiger partial charge in [-0.3, -0.25) is 5.32 Å². The number of anilines is 1. The number of ether oxygens (including phenoxy) is 3. The molecule has 2 aromatic rings. The van der Waals surface area contributed by atoms with Crippen LogP contribution in [0.1, 0.15) is 32.3 Å². The highest BCUT2D eigenvalue weighted by Crippen LogP contribution is 2.37. The summed E-state index contributed by atoms with van der Waals surface area (Å²) in [5.74, 6) is 2.07. The maximum Gasteiger partial charge on any atom is 0.412 e. The van der Waals surface area contributed by atoms with Crippen molar-refractivity contribution in [2.75, 3.05) is 24.8 Å². The van der Waals surface area contributed by atoms with E-state index in [1.807, 2.05) is 56.3 Å². The number of unbranched alkanes of at least 4 members (excludes halogenated alkanes) is 1. The highest BCUT2D eigenvalue weighted by Gasteiger charge is 2.33. The first-order valence-corrected chi connectivity index (χ1v) is 10.5. The summed E-state index contributed by atoms with van der Waals surface area (Å²) >= 11 is -1.03. The van der Waals surface area contributed by atoms with Crippen LogP contribution in [-0.2, 0) is 21.5 Å². The van der Waals surface area contributed by atoms with E-state index in [4.69, 9.17) is 14.2 Å². The lowest BCUT2D eigenvalue weighted by molar-refractivity contribution is 0.0418. The van der Waals surface area contributed by atoms with Gasteiger partial charge in [0, 0.05) is 5.56 Å². The molecule has 0 fully saturated rings. The molecule has 28 heavy (non-hydrogen) atoms. The Labute approximate surface area is 168 Å². The normalized spacial score (nSPS) is 15.8. The number of nitrogens with one attached hydrogen (secondary N) is 1. The van der Waals surface area contributed by atoms with Crippen molar-refractivity contribution in [2.24, 2.45) is 0 Å².